The first kappa shape index (κ1) is 30.6. The van der Waals surface area contributed by atoms with Gasteiger partial charge in [-0.3, -0.25) is 9.97 Å². The summed E-state index contributed by atoms with van der Waals surface area (Å²) in [5.74, 6) is 0. The normalized spacial score (nSPS) is 15.0. The number of benzene rings is 5. The molecule has 0 N–H and O–H groups in total. The van der Waals surface area contributed by atoms with Gasteiger partial charge in [-0.15, -0.1) is 0 Å². The zero-order chi connectivity index (χ0) is 34.0. The molecular weight excluding hydrogens is 627 g/mol. The van der Waals surface area contributed by atoms with Crippen LogP contribution in [0, 0.1) is 0 Å². The first-order chi connectivity index (χ1) is 24.3. The van der Waals surface area contributed by atoms with E-state index in [0.29, 0.717) is 0 Å². The second-order valence-corrected chi connectivity index (χ2v) is 15.5. The molecule has 50 heavy (non-hydrogen) atoms. The van der Waals surface area contributed by atoms with Crippen LogP contribution in [0.4, 0.5) is 17.1 Å². The van der Waals surface area contributed by atoms with Crippen LogP contribution in [0.5, 0.6) is 0 Å². The number of para-hydroxylation sites is 2. The molecule has 4 heteroatoms. The predicted octanol–water partition coefficient (Wildman–Crippen LogP) is 12.4. The van der Waals surface area contributed by atoms with Crippen molar-refractivity contribution < 1.29 is 0 Å². The van der Waals surface area contributed by atoms with Crippen molar-refractivity contribution in [3.05, 3.63) is 174 Å². The van der Waals surface area contributed by atoms with Gasteiger partial charge in [-0.25, -0.2) is 0 Å². The van der Waals surface area contributed by atoms with E-state index in [1.165, 1.54) is 60.2 Å². The van der Waals surface area contributed by atoms with Gasteiger partial charge < -0.3 is 4.90 Å². The van der Waals surface area contributed by atoms with E-state index < -0.39 is 0 Å². The molecule has 0 spiro atoms. The molecule has 1 aliphatic heterocycles. The molecule has 1 aliphatic carbocycles. The van der Waals surface area contributed by atoms with E-state index in [1.54, 1.807) is 0 Å². The molecule has 5 aromatic carbocycles. The summed E-state index contributed by atoms with van der Waals surface area (Å²) in [6.07, 6.45) is 7.53. The van der Waals surface area contributed by atoms with Crippen LogP contribution in [0.1, 0.15) is 49.9 Å². The van der Waals surface area contributed by atoms with Crippen molar-refractivity contribution in [2.45, 2.75) is 48.3 Å². The van der Waals surface area contributed by atoms with E-state index in [1.807, 2.05) is 48.7 Å². The Kier molecular flexibility index (Phi) is 7.08. The molecule has 242 valence electrons. The van der Waals surface area contributed by atoms with Crippen molar-refractivity contribution in [2.75, 3.05) is 4.90 Å². The molecular formula is C46H37N3S. The van der Waals surface area contributed by atoms with Crippen LogP contribution < -0.4 is 4.90 Å². The lowest BCUT2D eigenvalue weighted by atomic mass is 9.59. The van der Waals surface area contributed by atoms with E-state index >= 15 is 0 Å². The van der Waals surface area contributed by atoms with E-state index in [0.717, 1.165) is 22.3 Å². The zero-order valence-corrected chi connectivity index (χ0v) is 29.5. The number of aromatic nitrogens is 2. The minimum Gasteiger partial charge on any atom is -0.308 e. The summed E-state index contributed by atoms with van der Waals surface area (Å²) in [7, 11) is 0. The Morgan fingerprint density at radius 2 is 0.940 bits per heavy atom. The molecule has 2 aliphatic rings. The Hall–Kier alpha value is -5.45. The van der Waals surface area contributed by atoms with Gasteiger partial charge in [-0.2, -0.15) is 0 Å². The van der Waals surface area contributed by atoms with Gasteiger partial charge in [0.1, 0.15) is 0 Å². The second-order valence-electron chi connectivity index (χ2n) is 14.4. The molecule has 0 saturated carbocycles. The van der Waals surface area contributed by atoms with Crippen LogP contribution in [0.3, 0.4) is 0 Å². The van der Waals surface area contributed by atoms with Crippen molar-refractivity contribution in [1.29, 1.82) is 0 Å². The third-order valence-electron chi connectivity index (χ3n) is 10.7. The van der Waals surface area contributed by atoms with Gasteiger partial charge in [0.05, 0.1) is 11.4 Å². The van der Waals surface area contributed by atoms with Crippen molar-refractivity contribution in [2.24, 2.45) is 0 Å². The van der Waals surface area contributed by atoms with Crippen molar-refractivity contribution in [1.82, 2.24) is 9.97 Å². The van der Waals surface area contributed by atoms with Crippen LogP contribution in [-0.2, 0) is 10.8 Å². The lowest BCUT2D eigenvalue weighted by Crippen LogP contribution is -2.36. The Morgan fingerprint density at radius 1 is 0.440 bits per heavy atom. The Bertz CT molecular complexity index is 2310. The molecule has 0 atom stereocenters. The minimum atomic E-state index is -0.199. The molecule has 0 unspecified atom stereocenters. The number of rotatable bonds is 4. The Morgan fingerprint density at radius 3 is 1.48 bits per heavy atom. The zero-order valence-electron chi connectivity index (χ0n) is 28.7. The van der Waals surface area contributed by atoms with Crippen LogP contribution in [0.2, 0.25) is 0 Å². The fraction of sp³-hybridized carbons (Fsp3) is 0.130. The van der Waals surface area contributed by atoms with Gasteiger partial charge in [0.25, 0.3) is 0 Å². The fourth-order valence-corrected chi connectivity index (χ4v) is 9.04. The van der Waals surface area contributed by atoms with Gasteiger partial charge in [0, 0.05) is 62.2 Å². The van der Waals surface area contributed by atoms with Crippen LogP contribution in [0.15, 0.2) is 162 Å². The highest BCUT2D eigenvalue weighted by molar-refractivity contribution is 7.99. The van der Waals surface area contributed by atoms with Crippen molar-refractivity contribution >= 4 is 28.8 Å². The molecule has 0 fully saturated rings. The number of hydrogen-bond donors (Lipinski definition) is 0. The number of pyridine rings is 2. The van der Waals surface area contributed by atoms with Crippen LogP contribution in [0.25, 0.3) is 33.4 Å². The highest BCUT2D eigenvalue weighted by Gasteiger charge is 2.42. The standard InChI is InChI=1S/C46H37N3S/c1-45(2)38-20-18-36(49-41-13-5-7-15-43(41)50-44-16-8-6-14-42(44)49)27-40(38)46(3,4)37-19-17-30(26-39(37)45)33-23-34(31-11-9-21-47-28-31)25-35(24-33)32-12-10-22-48-29-32/h5-29H,1-4H3. The Balaban J connectivity index is 1.17. The van der Waals surface area contributed by atoms with E-state index in [-0.39, 0.29) is 10.8 Å². The fourth-order valence-electron chi connectivity index (χ4n) is 7.99. The summed E-state index contributed by atoms with van der Waals surface area (Å²) in [4.78, 5) is 13.8. The van der Waals surface area contributed by atoms with Crippen molar-refractivity contribution in [3.8, 4) is 33.4 Å². The average molecular weight is 664 g/mol. The third-order valence-corrected chi connectivity index (χ3v) is 11.8. The summed E-state index contributed by atoms with van der Waals surface area (Å²) in [5.41, 5.74) is 15.6. The number of anilines is 3. The van der Waals surface area contributed by atoms with Crippen molar-refractivity contribution in [3.63, 3.8) is 0 Å². The highest BCUT2D eigenvalue weighted by Crippen LogP contribution is 2.55. The largest absolute Gasteiger partial charge is 0.308 e. The lowest BCUT2D eigenvalue weighted by molar-refractivity contribution is 0.521. The molecule has 0 bridgehead atoms. The quantitative estimate of drug-likeness (QED) is 0.187. The molecule has 0 amide bonds. The van der Waals surface area contributed by atoms with E-state index in [2.05, 4.69) is 158 Å². The SMILES string of the molecule is CC1(C)c2ccc(N3c4ccccc4Sc4ccccc43)cc2C(C)(C)c2ccc(-c3cc(-c4cccnc4)cc(-c4cccnc4)c3)cc21. The first-order valence-corrected chi connectivity index (χ1v) is 18.0. The molecule has 9 rings (SSSR count). The monoisotopic (exact) mass is 663 g/mol. The maximum atomic E-state index is 4.42. The number of hydrogen-bond acceptors (Lipinski definition) is 4. The van der Waals surface area contributed by atoms with E-state index in [4.69, 9.17) is 0 Å². The summed E-state index contributed by atoms with van der Waals surface area (Å²) in [6, 6.07) is 46.9. The summed E-state index contributed by atoms with van der Waals surface area (Å²) >= 11 is 1.85. The van der Waals surface area contributed by atoms with E-state index in [9.17, 15) is 0 Å². The molecule has 7 aromatic rings. The maximum Gasteiger partial charge on any atom is 0.0601 e. The minimum absolute atomic E-state index is 0.198. The molecule has 2 aromatic heterocycles. The van der Waals surface area contributed by atoms with Crippen LogP contribution >= 0.6 is 11.8 Å². The predicted molar refractivity (Wildman–Crippen MR) is 208 cm³/mol. The van der Waals surface area contributed by atoms with Gasteiger partial charge in [0.15, 0.2) is 0 Å². The highest BCUT2D eigenvalue weighted by atomic mass is 32.2. The Labute approximate surface area is 298 Å². The van der Waals surface area contributed by atoms with Gasteiger partial charge in [0.2, 0.25) is 0 Å². The summed E-state index contributed by atoms with van der Waals surface area (Å²) in [5, 5.41) is 0. The third kappa shape index (κ3) is 4.89. The molecule has 0 radical (unpaired) electrons. The first-order valence-electron chi connectivity index (χ1n) is 17.2. The smallest absolute Gasteiger partial charge is 0.0601 e. The lowest BCUT2D eigenvalue weighted by Gasteiger charge is -2.45. The van der Waals surface area contributed by atoms with Gasteiger partial charge in [-0.1, -0.05) is 94.1 Å². The molecule has 0 saturated heterocycles. The average Bonchev–Trinajstić information content (AvgIpc) is 3.16. The van der Waals surface area contributed by atoms with Gasteiger partial charge in [-0.05, 0) is 117 Å². The van der Waals surface area contributed by atoms with Gasteiger partial charge >= 0.3 is 0 Å². The maximum absolute atomic E-state index is 4.42. The topological polar surface area (TPSA) is 29.0 Å². The van der Waals surface area contributed by atoms with Crippen LogP contribution in [-0.4, -0.2) is 9.97 Å². The second kappa shape index (κ2) is 11.6. The molecule has 3 nitrogen and oxygen atoms in total. The summed E-state index contributed by atoms with van der Waals surface area (Å²) in [6.45, 7) is 9.55. The number of fused-ring (bicyclic) bond motifs is 4. The summed E-state index contributed by atoms with van der Waals surface area (Å²) < 4.78 is 0. The number of nitrogens with zero attached hydrogens (tertiary/aromatic N) is 3. The molecule has 3 heterocycles.